The Hall–Kier alpha value is -0.940. The number of amides is 1. The monoisotopic (exact) mass is 239 g/mol. The Morgan fingerprint density at radius 3 is 3.12 bits per heavy atom. The standard InChI is InChI=1S/C11H17N3OS/c1-8-7-16-9(14-8)6-12-10(15)11(2)4-3-5-13-11/h7,13H,3-6H2,1-2H3,(H,12,15). The Bertz CT molecular complexity index is 382. The van der Waals surface area contributed by atoms with E-state index in [0.717, 1.165) is 30.1 Å². The van der Waals surface area contributed by atoms with Gasteiger partial charge in [0.05, 0.1) is 12.1 Å². The van der Waals surface area contributed by atoms with Crippen LogP contribution in [0.1, 0.15) is 30.5 Å². The van der Waals surface area contributed by atoms with Gasteiger partial charge in [0.1, 0.15) is 5.01 Å². The highest BCUT2D eigenvalue weighted by Gasteiger charge is 2.35. The van der Waals surface area contributed by atoms with E-state index in [4.69, 9.17) is 0 Å². The van der Waals surface area contributed by atoms with Gasteiger partial charge in [-0.1, -0.05) is 0 Å². The molecule has 0 aliphatic carbocycles. The highest BCUT2D eigenvalue weighted by Crippen LogP contribution is 2.18. The van der Waals surface area contributed by atoms with Crippen molar-refractivity contribution in [3.05, 3.63) is 16.1 Å². The molecule has 2 N–H and O–H groups in total. The van der Waals surface area contributed by atoms with Crippen LogP contribution in [0.2, 0.25) is 0 Å². The Morgan fingerprint density at radius 1 is 1.75 bits per heavy atom. The fourth-order valence-electron chi connectivity index (χ4n) is 1.92. The number of nitrogens with zero attached hydrogens (tertiary/aromatic N) is 1. The first kappa shape index (κ1) is 11.5. The summed E-state index contributed by atoms with van der Waals surface area (Å²) in [6.07, 6.45) is 1.98. The molecule has 1 aliphatic heterocycles. The molecule has 1 aromatic rings. The maximum atomic E-state index is 12.0. The zero-order chi connectivity index (χ0) is 11.6. The van der Waals surface area contributed by atoms with Crippen LogP contribution in [0.5, 0.6) is 0 Å². The summed E-state index contributed by atoms with van der Waals surface area (Å²) in [5.74, 6) is 0.0813. The first-order valence-corrected chi connectivity index (χ1v) is 6.42. The molecule has 2 rings (SSSR count). The first-order valence-electron chi connectivity index (χ1n) is 5.54. The van der Waals surface area contributed by atoms with E-state index in [-0.39, 0.29) is 11.4 Å². The van der Waals surface area contributed by atoms with Crippen LogP contribution >= 0.6 is 11.3 Å². The summed E-state index contributed by atoms with van der Waals surface area (Å²) in [5.41, 5.74) is 0.631. The second kappa shape index (κ2) is 4.51. The lowest BCUT2D eigenvalue weighted by Crippen LogP contribution is -2.50. The Balaban J connectivity index is 1.88. The topological polar surface area (TPSA) is 54.0 Å². The molecule has 0 radical (unpaired) electrons. The highest BCUT2D eigenvalue weighted by molar-refractivity contribution is 7.09. The number of aryl methyl sites for hydroxylation is 1. The van der Waals surface area contributed by atoms with Crippen LogP contribution in [-0.2, 0) is 11.3 Å². The molecule has 0 aromatic carbocycles. The molecular formula is C11H17N3OS. The Labute approximate surface area is 99.5 Å². The number of aromatic nitrogens is 1. The zero-order valence-electron chi connectivity index (χ0n) is 9.67. The number of thiazole rings is 1. The highest BCUT2D eigenvalue weighted by atomic mass is 32.1. The van der Waals surface area contributed by atoms with Crippen LogP contribution in [-0.4, -0.2) is 23.0 Å². The molecule has 1 fully saturated rings. The molecule has 1 atom stereocenters. The van der Waals surface area contributed by atoms with Crippen LogP contribution in [0, 0.1) is 6.92 Å². The van der Waals surface area contributed by atoms with Crippen molar-refractivity contribution in [2.75, 3.05) is 6.54 Å². The summed E-state index contributed by atoms with van der Waals surface area (Å²) in [4.78, 5) is 16.3. The van der Waals surface area contributed by atoms with E-state index in [9.17, 15) is 4.79 Å². The summed E-state index contributed by atoms with van der Waals surface area (Å²) in [6, 6.07) is 0. The summed E-state index contributed by atoms with van der Waals surface area (Å²) >= 11 is 1.59. The minimum Gasteiger partial charge on any atom is -0.348 e. The van der Waals surface area contributed by atoms with Gasteiger partial charge in [0.2, 0.25) is 5.91 Å². The van der Waals surface area contributed by atoms with Gasteiger partial charge in [0.25, 0.3) is 0 Å². The molecule has 2 heterocycles. The van der Waals surface area contributed by atoms with Gasteiger partial charge in [-0.25, -0.2) is 4.98 Å². The molecule has 16 heavy (non-hydrogen) atoms. The zero-order valence-corrected chi connectivity index (χ0v) is 10.5. The van der Waals surface area contributed by atoms with Crippen molar-refractivity contribution in [2.24, 2.45) is 0 Å². The molecule has 5 heteroatoms. The Morgan fingerprint density at radius 2 is 2.56 bits per heavy atom. The van der Waals surface area contributed by atoms with Crippen LogP contribution in [0.4, 0.5) is 0 Å². The van der Waals surface area contributed by atoms with Gasteiger partial charge in [-0.2, -0.15) is 0 Å². The van der Waals surface area contributed by atoms with Crippen molar-refractivity contribution in [1.29, 1.82) is 0 Å². The van der Waals surface area contributed by atoms with E-state index in [1.54, 1.807) is 11.3 Å². The molecule has 0 spiro atoms. The van der Waals surface area contributed by atoms with Gasteiger partial charge in [0.15, 0.2) is 0 Å². The minimum atomic E-state index is -0.383. The number of carbonyl (C=O) groups excluding carboxylic acids is 1. The van der Waals surface area contributed by atoms with Gasteiger partial charge < -0.3 is 10.6 Å². The molecule has 1 saturated heterocycles. The van der Waals surface area contributed by atoms with Crippen molar-refractivity contribution >= 4 is 17.2 Å². The smallest absolute Gasteiger partial charge is 0.240 e. The number of rotatable bonds is 3. The van der Waals surface area contributed by atoms with Crippen molar-refractivity contribution in [2.45, 2.75) is 38.8 Å². The average Bonchev–Trinajstić information content (AvgIpc) is 2.85. The number of carbonyl (C=O) groups is 1. The maximum absolute atomic E-state index is 12.0. The van der Waals surface area contributed by atoms with E-state index in [1.165, 1.54) is 0 Å². The summed E-state index contributed by atoms with van der Waals surface area (Å²) in [5, 5.41) is 9.15. The van der Waals surface area contributed by atoms with E-state index in [1.807, 2.05) is 19.2 Å². The van der Waals surface area contributed by atoms with Crippen molar-refractivity contribution in [3.8, 4) is 0 Å². The lowest BCUT2D eigenvalue weighted by atomic mass is 9.99. The summed E-state index contributed by atoms with van der Waals surface area (Å²) in [6.45, 7) is 5.39. The van der Waals surface area contributed by atoms with Crippen molar-refractivity contribution in [1.82, 2.24) is 15.6 Å². The van der Waals surface area contributed by atoms with E-state index in [2.05, 4.69) is 15.6 Å². The fourth-order valence-corrected chi connectivity index (χ4v) is 2.63. The predicted molar refractivity (Wildman–Crippen MR) is 64.3 cm³/mol. The molecular weight excluding hydrogens is 222 g/mol. The third-order valence-corrected chi connectivity index (χ3v) is 3.90. The molecule has 1 aliphatic rings. The second-order valence-electron chi connectivity index (χ2n) is 4.43. The maximum Gasteiger partial charge on any atom is 0.240 e. The van der Waals surface area contributed by atoms with Crippen molar-refractivity contribution in [3.63, 3.8) is 0 Å². The van der Waals surface area contributed by atoms with E-state index in [0.29, 0.717) is 6.54 Å². The van der Waals surface area contributed by atoms with Crippen molar-refractivity contribution < 1.29 is 4.79 Å². The largest absolute Gasteiger partial charge is 0.348 e. The summed E-state index contributed by atoms with van der Waals surface area (Å²) < 4.78 is 0. The number of nitrogens with one attached hydrogen (secondary N) is 2. The van der Waals surface area contributed by atoms with E-state index < -0.39 is 0 Å². The third-order valence-electron chi connectivity index (χ3n) is 2.94. The molecule has 88 valence electrons. The fraction of sp³-hybridized carbons (Fsp3) is 0.636. The lowest BCUT2D eigenvalue weighted by Gasteiger charge is -2.22. The van der Waals surface area contributed by atoms with Gasteiger partial charge in [-0.15, -0.1) is 11.3 Å². The van der Waals surface area contributed by atoms with E-state index >= 15 is 0 Å². The third kappa shape index (κ3) is 2.41. The van der Waals surface area contributed by atoms with Crippen LogP contribution < -0.4 is 10.6 Å². The van der Waals surface area contributed by atoms with Crippen LogP contribution in [0.3, 0.4) is 0 Å². The second-order valence-corrected chi connectivity index (χ2v) is 5.37. The molecule has 1 aromatic heterocycles. The molecule has 0 saturated carbocycles. The molecule has 1 amide bonds. The van der Waals surface area contributed by atoms with Gasteiger partial charge in [-0.05, 0) is 33.2 Å². The summed E-state index contributed by atoms with van der Waals surface area (Å²) in [7, 11) is 0. The van der Waals surface area contributed by atoms with Gasteiger partial charge in [-0.3, -0.25) is 4.79 Å². The molecule has 0 bridgehead atoms. The van der Waals surface area contributed by atoms with Crippen LogP contribution in [0.25, 0.3) is 0 Å². The minimum absolute atomic E-state index is 0.0813. The van der Waals surface area contributed by atoms with Crippen LogP contribution in [0.15, 0.2) is 5.38 Å². The normalized spacial score (nSPS) is 24.6. The first-order chi connectivity index (χ1) is 7.60. The SMILES string of the molecule is Cc1csc(CNC(=O)C2(C)CCCN2)n1. The Kier molecular flexibility index (Phi) is 3.25. The molecule has 4 nitrogen and oxygen atoms in total. The quantitative estimate of drug-likeness (QED) is 0.833. The predicted octanol–water partition coefficient (Wildman–Crippen LogP) is 1.21. The number of hydrogen-bond donors (Lipinski definition) is 2. The van der Waals surface area contributed by atoms with Gasteiger partial charge in [0, 0.05) is 11.1 Å². The number of hydrogen-bond acceptors (Lipinski definition) is 4. The van der Waals surface area contributed by atoms with Gasteiger partial charge >= 0.3 is 0 Å². The molecule has 1 unspecified atom stereocenters. The lowest BCUT2D eigenvalue weighted by molar-refractivity contribution is -0.126. The average molecular weight is 239 g/mol.